The van der Waals surface area contributed by atoms with Crippen LogP contribution in [0.2, 0.25) is 0 Å². The zero-order valence-electron chi connectivity index (χ0n) is 16.2. The Balaban J connectivity index is 1.23. The Morgan fingerprint density at radius 3 is 2.90 bits per heavy atom. The molecular formula is C21H25N5O2S. The number of nitrogens with one attached hydrogen (secondary N) is 2. The minimum absolute atomic E-state index is 0.0432. The van der Waals surface area contributed by atoms with Crippen molar-refractivity contribution in [2.24, 2.45) is 0 Å². The number of piperidine rings is 1. The molecule has 1 aliphatic heterocycles. The van der Waals surface area contributed by atoms with Gasteiger partial charge in [-0.25, -0.2) is 9.97 Å². The van der Waals surface area contributed by atoms with Crippen molar-refractivity contribution < 1.29 is 9.84 Å². The van der Waals surface area contributed by atoms with E-state index in [1.165, 1.54) is 4.70 Å². The fraction of sp³-hybridized carbons (Fsp3) is 0.476. The molecule has 1 saturated heterocycles. The topological polar surface area (TPSA) is 92.2 Å². The molecule has 152 valence electrons. The first-order chi connectivity index (χ1) is 14.3. The number of ether oxygens (including phenoxy) is 1. The van der Waals surface area contributed by atoms with Crippen molar-refractivity contribution in [2.75, 3.05) is 25.0 Å². The number of rotatable bonds is 6. The third-order valence-electron chi connectivity index (χ3n) is 5.94. The Morgan fingerprint density at radius 1 is 1.24 bits per heavy atom. The molecule has 0 spiro atoms. The summed E-state index contributed by atoms with van der Waals surface area (Å²) in [5, 5.41) is 18.0. The first kappa shape index (κ1) is 18.7. The number of aliphatic hydroxyl groups excluding tert-OH is 1. The van der Waals surface area contributed by atoms with Gasteiger partial charge in [-0.05, 0) is 31.5 Å². The van der Waals surface area contributed by atoms with Gasteiger partial charge in [-0.1, -0.05) is 23.5 Å². The van der Waals surface area contributed by atoms with Gasteiger partial charge in [-0.2, -0.15) is 0 Å². The number of nitrogens with zero attached hydrogens (tertiary/aromatic N) is 3. The van der Waals surface area contributed by atoms with Gasteiger partial charge in [-0.15, -0.1) is 0 Å². The number of para-hydroxylation sites is 1. The monoisotopic (exact) mass is 411 g/mol. The van der Waals surface area contributed by atoms with E-state index in [1.54, 1.807) is 23.7 Å². The maximum atomic E-state index is 10.1. The van der Waals surface area contributed by atoms with Crippen LogP contribution in [0.1, 0.15) is 31.4 Å². The van der Waals surface area contributed by atoms with Crippen molar-refractivity contribution in [3.63, 3.8) is 0 Å². The summed E-state index contributed by atoms with van der Waals surface area (Å²) in [5.41, 5.74) is 1.40. The molecule has 1 saturated carbocycles. The van der Waals surface area contributed by atoms with Crippen LogP contribution in [-0.2, 0) is 5.41 Å². The summed E-state index contributed by atoms with van der Waals surface area (Å²) in [6.07, 6.45) is 7.14. The Morgan fingerprint density at radius 2 is 2.10 bits per heavy atom. The van der Waals surface area contributed by atoms with Crippen LogP contribution in [-0.4, -0.2) is 51.9 Å². The molecule has 0 unspecified atom stereocenters. The largest absolute Gasteiger partial charge is 0.473 e. The van der Waals surface area contributed by atoms with Crippen LogP contribution in [0.5, 0.6) is 5.88 Å². The van der Waals surface area contributed by atoms with Gasteiger partial charge in [0.1, 0.15) is 11.8 Å². The quantitative estimate of drug-likeness (QED) is 0.574. The third-order valence-corrected chi connectivity index (χ3v) is 6.90. The summed E-state index contributed by atoms with van der Waals surface area (Å²) in [6, 6.07) is 8.53. The molecule has 1 aromatic carbocycles. The molecular weight excluding hydrogens is 386 g/mol. The molecule has 3 heterocycles. The first-order valence-corrected chi connectivity index (χ1v) is 11.0. The summed E-state index contributed by atoms with van der Waals surface area (Å²) in [5.74, 6) is 0.564. The molecule has 2 aromatic heterocycles. The first-order valence-electron chi connectivity index (χ1n) is 10.2. The van der Waals surface area contributed by atoms with E-state index >= 15 is 0 Å². The second-order valence-corrected chi connectivity index (χ2v) is 9.00. The maximum Gasteiger partial charge on any atom is 0.236 e. The molecule has 2 aliphatic rings. The van der Waals surface area contributed by atoms with E-state index in [1.807, 2.05) is 18.2 Å². The second-order valence-electron chi connectivity index (χ2n) is 7.97. The Kier molecular flexibility index (Phi) is 5.07. The van der Waals surface area contributed by atoms with Crippen molar-refractivity contribution in [3.05, 3.63) is 42.4 Å². The lowest BCUT2D eigenvalue weighted by molar-refractivity contribution is 0.0924. The number of anilines is 1. The van der Waals surface area contributed by atoms with Gasteiger partial charge < -0.3 is 20.5 Å². The number of benzene rings is 1. The lowest BCUT2D eigenvalue weighted by atomic mass is 9.78. The summed E-state index contributed by atoms with van der Waals surface area (Å²) < 4.78 is 7.41. The van der Waals surface area contributed by atoms with Crippen molar-refractivity contribution in [1.82, 2.24) is 20.3 Å². The van der Waals surface area contributed by atoms with Crippen LogP contribution in [0.3, 0.4) is 0 Å². The van der Waals surface area contributed by atoms with Crippen molar-refractivity contribution >= 4 is 26.7 Å². The van der Waals surface area contributed by atoms with Gasteiger partial charge in [-0.3, -0.25) is 4.98 Å². The number of fused-ring (bicyclic) bond motifs is 1. The van der Waals surface area contributed by atoms with Gasteiger partial charge in [0, 0.05) is 37.8 Å². The normalized spacial score (nSPS) is 26.8. The summed E-state index contributed by atoms with van der Waals surface area (Å²) >= 11 is 1.68. The van der Waals surface area contributed by atoms with Crippen LogP contribution in [0.25, 0.3) is 10.2 Å². The number of hydrogen-bond donors (Lipinski definition) is 3. The summed E-state index contributed by atoms with van der Waals surface area (Å²) in [6.45, 7) is 1.71. The Bertz CT molecular complexity index is 949. The standard InChI is InChI=1S/C21H25N5O2S/c27-13-21(6-3-7-22-12-21)18-19(24-9-8-23-18)28-15-10-14(11-15)25-20-26-16-4-1-2-5-17(16)29-20/h1-2,4-5,8-9,14-15,22,27H,3,6-7,10-13H2,(H,25,26)/t14?,15?,21-/m1/s1. The van der Waals surface area contributed by atoms with Crippen LogP contribution in [0.4, 0.5) is 5.13 Å². The average molecular weight is 412 g/mol. The van der Waals surface area contributed by atoms with Gasteiger partial charge in [0.2, 0.25) is 5.88 Å². The van der Waals surface area contributed by atoms with Crippen LogP contribution < -0.4 is 15.4 Å². The van der Waals surface area contributed by atoms with E-state index in [0.29, 0.717) is 18.5 Å². The van der Waals surface area contributed by atoms with E-state index in [-0.39, 0.29) is 12.7 Å². The van der Waals surface area contributed by atoms with Crippen molar-refractivity contribution in [3.8, 4) is 5.88 Å². The Hall–Kier alpha value is -2.29. The van der Waals surface area contributed by atoms with E-state index in [0.717, 1.165) is 48.6 Å². The third kappa shape index (κ3) is 3.68. The predicted molar refractivity (Wildman–Crippen MR) is 114 cm³/mol. The number of aromatic nitrogens is 3. The van der Waals surface area contributed by atoms with Crippen molar-refractivity contribution in [1.29, 1.82) is 0 Å². The SMILES string of the molecule is OC[C@@]1(c2nccnc2OC2CC(Nc3nc4ccccc4s3)C2)CCCNC1. The zero-order chi connectivity index (χ0) is 19.7. The smallest absolute Gasteiger partial charge is 0.236 e. The molecule has 29 heavy (non-hydrogen) atoms. The van der Waals surface area contributed by atoms with Gasteiger partial charge in [0.05, 0.1) is 22.2 Å². The lowest BCUT2D eigenvalue weighted by Crippen LogP contribution is -2.47. The minimum Gasteiger partial charge on any atom is -0.473 e. The van der Waals surface area contributed by atoms with Gasteiger partial charge >= 0.3 is 0 Å². The van der Waals surface area contributed by atoms with E-state index < -0.39 is 5.41 Å². The molecule has 0 bridgehead atoms. The predicted octanol–water partition coefficient (Wildman–Crippen LogP) is 2.72. The van der Waals surface area contributed by atoms with Crippen LogP contribution in [0.15, 0.2) is 36.7 Å². The number of aliphatic hydroxyl groups is 1. The fourth-order valence-electron chi connectivity index (χ4n) is 4.20. The van der Waals surface area contributed by atoms with E-state index in [2.05, 4.69) is 31.7 Å². The molecule has 2 fully saturated rings. The molecule has 3 N–H and O–H groups in total. The highest BCUT2D eigenvalue weighted by Crippen LogP contribution is 2.37. The fourth-order valence-corrected chi connectivity index (χ4v) is 5.14. The number of hydrogen-bond acceptors (Lipinski definition) is 8. The van der Waals surface area contributed by atoms with E-state index in [9.17, 15) is 5.11 Å². The van der Waals surface area contributed by atoms with Crippen molar-refractivity contribution in [2.45, 2.75) is 43.2 Å². The summed E-state index contributed by atoms with van der Waals surface area (Å²) in [4.78, 5) is 13.7. The lowest BCUT2D eigenvalue weighted by Gasteiger charge is -2.38. The highest BCUT2D eigenvalue weighted by Gasteiger charge is 2.39. The number of thiazole rings is 1. The summed E-state index contributed by atoms with van der Waals surface area (Å²) in [7, 11) is 0. The molecule has 3 aromatic rings. The molecule has 1 atom stereocenters. The Labute approximate surface area is 173 Å². The molecule has 7 nitrogen and oxygen atoms in total. The molecule has 5 rings (SSSR count). The van der Waals surface area contributed by atoms with Gasteiger partial charge in [0.15, 0.2) is 5.13 Å². The highest BCUT2D eigenvalue weighted by atomic mass is 32.1. The molecule has 0 radical (unpaired) electrons. The van der Waals surface area contributed by atoms with Crippen LogP contribution >= 0.6 is 11.3 Å². The van der Waals surface area contributed by atoms with Crippen LogP contribution in [0, 0.1) is 0 Å². The highest BCUT2D eigenvalue weighted by molar-refractivity contribution is 7.22. The van der Waals surface area contributed by atoms with Gasteiger partial charge in [0.25, 0.3) is 0 Å². The van der Waals surface area contributed by atoms with E-state index in [4.69, 9.17) is 4.74 Å². The second kappa shape index (κ2) is 7.85. The average Bonchev–Trinajstić information content (AvgIpc) is 3.15. The maximum absolute atomic E-state index is 10.1. The molecule has 8 heteroatoms. The molecule has 0 amide bonds. The molecule has 1 aliphatic carbocycles. The minimum atomic E-state index is -0.412. The zero-order valence-corrected chi connectivity index (χ0v) is 17.0.